The summed E-state index contributed by atoms with van der Waals surface area (Å²) in [5.74, 6) is 0.720. The van der Waals surface area contributed by atoms with Gasteiger partial charge in [-0.05, 0) is 42.9 Å². The van der Waals surface area contributed by atoms with E-state index in [2.05, 4.69) is 6.92 Å². The molecule has 1 fully saturated rings. The summed E-state index contributed by atoms with van der Waals surface area (Å²) in [5.41, 5.74) is 1.53. The van der Waals surface area contributed by atoms with Gasteiger partial charge in [0.15, 0.2) is 11.5 Å². The van der Waals surface area contributed by atoms with E-state index < -0.39 is 0 Å². The lowest BCUT2D eigenvalue weighted by molar-refractivity contribution is -0.137. The molecule has 2 amide bonds. The van der Waals surface area contributed by atoms with E-state index in [4.69, 9.17) is 9.47 Å². The number of amides is 2. The zero-order chi connectivity index (χ0) is 23.8. The molecule has 182 valence electrons. The molecule has 0 radical (unpaired) electrons. The molecule has 0 aliphatic carbocycles. The molecule has 1 atom stereocenters. The number of benzene rings is 1. The van der Waals surface area contributed by atoms with E-state index in [9.17, 15) is 14.7 Å². The van der Waals surface area contributed by atoms with E-state index in [-0.39, 0.29) is 24.3 Å². The minimum absolute atomic E-state index is 0.0824. The largest absolute Gasteiger partial charge is 0.493 e. The Labute approximate surface area is 197 Å². The van der Waals surface area contributed by atoms with Gasteiger partial charge >= 0.3 is 0 Å². The molecule has 0 aromatic heterocycles. The van der Waals surface area contributed by atoms with Crippen molar-refractivity contribution >= 4 is 17.4 Å². The van der Waals surface area contributed by atoms with Gasteiger partial charge in [-0.25, -0.2) is 0 Å². The zero-order valence-electron chi connectivity index (χ0n) is 20.3. The summed E-state index contributed by atoms with van der Waals surface area (Å²) >= 11 is 0. The molecular weight excluding hydrogens is 420 g/mol. The lowest BCUT2D eigenvalue weighted by Crippen LogP contribution is -2.40. The quantitative estimate of drug-likeness (QED) is 0.379. The molecule has 1 N–H and O–H groups in total. The summed E-state index contributed by atoms with van der Waals surface area (Å²) in [4.78, 5) is 30.5. The number of carbonyl (C=O) groups is 2. The van der Waals surface area contributed by atoms with E-state index in [0.717, 1.165) is 32.1 Å². The average Bonchev–Trinajstić information content (AvgIpc) is 3.10. The van der Waals surface area contributed by atoms with Crippen LogP contribution >= 0.6 is 0 Å². The van der Waals surface area contributed by atoms with Gasteiger partial charge in [0.25, 0.3) is 11.8 Å². The Bertz CT molecular complexity index is 866. The number of hydrogen-bond donors (Lipinski definition) is 1. The molecule has 1 unspecified atom stereocenters. The number of piperidine rings is 1. The van der Waals surface area contributed by atoms with Gasteiger partial charge in [0.2, 0.25) is 0 Å². The Morgan fingerprint density at radius 2 is 1.73 bits per heavy atom. The van der Waals surface area contributed by atoms with E-state index in [1.165, 1.54) is 24.2 Å². The standard InChI is InChI=1S/C26H38N2O5/c1-4-5-6-7-8-9-15-28-25(30)23(20-12-13-21(32-2)22(16-20)33-3)24(26(28)31)27-14-10-11-19(17-27)18-29/h12-13,16,19,29H,4-11,14-15,17-18H2,1-3H3. The topological polar surface area (TPSA) is 79.3 Å². The number of rotatable bonds is 12. The van der Waals surface area contributed by atoms with Crippen molar-refractivity contribution in [3.63, 3.8) is 0 Å². The van der Waals surface area contributed by atoms with Gasteiger partial charge in [-0.3, -0.25) is 14.5 Å². The van der Waals surface area contributed by atoms with Gasteiger partial charge in [0.05, 0.1) is 19.8 Å². The molecule has 2 aliphatic rings. The minimum Gasteiger partial charge on any atom is -0.493 e. The summed E-state index contributed by atoms with van der Waals surface area (Å²) in [6.07, 6.45) is 8.35. The van der Waals surface area contributed by atoms with Crippen LogP contribution in [0.15, 0.2) is 23.9 Å². The third kappa shape index (κ3) is 5.69. The molecule has 2 aliphatic heterocycles. The fourth-order valence-corrected chi connectivity index (χ4v) is 4.78. The normalized spacial score (nSPS) is 19.0. The lowest BCUT2D eigenvalue weighted by Gasteiger charge is -2.34. The summed E-state index contributed by atoms with van der Waals surface area (Å²) in [6.45, 7) is 3.98. The van der Waals surface area contributed by atoms with Crippen LogP contribution in [0.4, 0.5) is 0 Å². The fourth-order valence-electron chi connectivity index (χ4n) is 4.78. The van der Waals surface area contributed by atoms with Crippen LogP contribution < -0.4 is 9.47 Å². The minimum atomic E-state index is -0.248. The monoisotopic (exact) mass is 458 g/mol. The number of unbranched alkanes of at least 4 members (excludes halogenated alkanes) is 5. The second-order valence-corrected chi connectivity index (χ2v) is 8.96. The number of likely N-dealkylation sites (tertiary alicyclic amines) is 1. The van der Waals surface area contributed by atoms with Crippen molar-refractivity contribution in [1.82, 2.24) is 9.80 Å². The van der Waals surface area contributed by atoms with Crippen LogP contribution in [-0.2, 0) is 9.59 Å². The molecule has 1 saturated heterocycles. The molecule has 33 heavy (non-hydrogen) atoms. The molecule has 0 bridgehead atoms. The molecule has 1 aromatic rings. The van der Waals surface area contributed by atoms with Crippen molar-refractivity contribution in [2.24, 2.45) is 5.92 Å². The number of hydrogen-bond acceptors (Lipinski definition) is 6. The first-order valence-electron chi connectivity index (χ1n) is 12.2. The number of carbonyl (C=O) groups excluding carboxylic acids is 2. The second kappa shape index (κ2) is 12.1. The van der Waals surface area contributed by atoms with E-state index >= 15 is 0 Å². The summed E-state index contributed by atoms with van der Waals surface area (Å²) in [5, 5.41) is 9.70. The predicted octanol–water partition coefficient (Wildman–Crippen LogP) is 3.85. The maximum Gasteiger partial charge on any atom is 0.277 e. The number of nitrogens with zero attached hydrogens (tertiary/aromatic N) is 2. The van der Waals surface area contributed by atoms with Crippen LogP contribution in [0, 0.1) is 5.92 Å². The van der Waals surface area contributed by atoms with Gasteiger partial charge in [0.1, 0.15) is 5.70 Å². The second-order valence-electron chi connectivity index (χ2n) is 8.96. The Morgan fingerprint density at radius 3 is 2.42 bits per heavy atom. The SMILES string of the molecule is CCCCCCCCN1C(=O)C(c2ccc(OC)c(OC)c2)=C(N2CCCC(CO)C2)C1=O. The molecule has 7 heteroatoms. The highest BCUT2D eigenvalue weighted by molar-refractivity contribution is 6.35. The Hall–Kier alpha value is -2.54. The van der Waals surface area contributed by atoms with Crippen molar-refractivity contribution in [2.45, 2.75) is 58.3 Å². The highest BCUT2D eigenvalue weighted by Crippen LogP contribution is 2.37. The molecule has 1 aromatic carbocycles. The molecular formula is C26H38N2O5. The first-order valence-corrected chi connectivity index (χ1v) is 12.2. The van der Waals surface area contributed by atoms with Crippen LogP contribution in [0.3, 0.4) is 0 Å². The Kier molecular flexibility index (Phi) is 9.18. The smallest absolute Gasteiger partial charge is 0.277 e. The van der Waals surface area contributed by atoms with Crippen molar-refractivity contribution in [2.75, 3.05) is 40.5 Å². The van der Waals surface area contributed by atoms with Crippen molar-refractivity contribution in [1.29, 1.82) is 0 Å². The maximum absolute atomic E-state index is 13.5. The third-order valence-corrected chi connectivity index (χ3v) is 6.64. The molecule has 0 saturated carbocycles. The van der Waals surface area contributed by atoms with Crippen LogP contribution in [0.2, 0.25) is 0 Å². The molecule has 0 spiro atoms. The van der Waals surface area contributed by atoms with Crippen LogP contribution in [-0.4, -0.2) is 67.2 Å². The van der Waals surface area contributed by atoms with Crippen LogP contribution in [0.25, 0.3) is 5.57 Å². The number of methoxy groups -OCH3 is 2. The summed E-state index contributed by atoms with van der Waals surface area (Å²) in [6, 6.07) is 5.34. The van der Waals surface area contributed by atoms with E-state index in [0.29, 0.717) is 48.0 Å². The number of imide groups is 1. The van der Waals surface area contributed by atoms with Gasteiger partial charge in [-0.2, -0.15) is 0 Å². The average molecular weight is 459 g/mol. The third-order valence-electron chi connectivity index (χ3n) is 6.64. The Balaban J connectivity index is 1.89. The van der Waals surface area contributed by atoms with Gasteiger partial charge < -0.3 is 19.5 Å². The molecule has 7 nitrogen and oxygen atoms in total. The number of aliphatic hydroxyl groups excluding tert-OH is 1. The van der Waals surface area contributed by atoms with Gasteiger partial charge in [0, 0.05) is 26.2 Å². The highest BCUT2D eigenvalue weighted by Gasteiger charge is 2.42. The molecule has 3 rings (SSSR count). The van der Waals surface area contributed by atoms with Crippen molar-refractivity contribution < 1.29 is 24.2 Å². The van der Waals surface area contributed by atoms with Crippen molar-refractivity contribution in [3.05, 3.63) is 29.5 Å². The predicted molar refractivity (Wildman–Crippen MR) is 128 cm³/mol. The maximum atomic E-state index is 13.5. The van der Waals surface area contributed by atoms with Crippen molar-refractivity contribution in [3.8, 4) is 11.5 Å². The highest BCUT2D eigenvalue weighted by atomic mass is 16.5. The number of aliphatic hydroxyl groups is 1. The van der Waals surface area contributed by atoms with Gasteiger partial charge in [-0.15, -0.1) is 0 Å². The van der Waals surface area contributed by atoms with Crippen LogP contribution in [0.1, 0.15) is 63.9 Å². The number of ether oxygens (including phenoxy) is 2. The van der Waals surface area contributed by atoms with E-state index in [1.54, 1.807) is 26.4 Å². The lowest BCUT2D eigenvalue weighted by atomic mass is 9.96. The van der Waals surface area contributed by atoms with Crippen LogP contribution in [0.5, 0.6) is 11.5 Å². The first kappa shape index (κ1) is 25.1. The van der Waals surface area contributed by atoms with Gasteiger partial charge in [-0.1, -0.05) is 45.1 Å². The first-order chi connectivity index (χ1) is 16.0. The Morgan fingerprint density at radius 1 is 1.00 bits per heavy atom. The fraction of sp³-hybridized carbons (Fsp3) is 0.615. The zero-order valence-corrected chi connectivity index (χ0v) is 20.3. The molecule has 2 heterocycles. The van der Waals surface area contributed by atoms with E-state index in [1.807, 2.05) is 11.0 Å². The summed E-state index contributed by atoms with van der Waals surface area (Å²) < 4.78 is 10.8. The summed E-state index contributed by atoms with van der Waals surface area (Å²) in [7, 11) is 3.12.